The number of amides is 3. The van der Waals surface area contributed by atoms with Gasteiger partial charge in [0.25, 0.3) is 11.8 Å². The molecule has 2 aromatic rings. The van der Waals surface area contributed by atoms with E-state index in [-0.39, 0.29) is 23.6 Å². The lowest BCUT2D eigenvalue weighted by Gasteiger charge is -2.35. The van der Waals surface area contributed by atoms with Gasteiger partial charge in [0.1, 0.15) is 6.04 Å². The van der Waals surface area contributed by atoms with Crippen molar-refractivity contribution in [1.29, 1.82) is 0 Å². The molecule has 0 spiro atoms. The van der Waals surface area contributed by atoms with Crippen molar-refractivity contribution in [3.63, 3.8) is 0 Å². The summed E-state index contributed by atoms with van der Waals surface area (Å²) in [6.07, 6.45) is 2.90. The fourth-order valence-corrected chi connectivity index (χ4v) is 4.24. The maximum absolute atomic E-state index is 12.8. The Kier molecular flexibility index (Phi) is 7.41. The van der Waals surface area contributed by atoms with Crippen LogP contribution in [0.3, 0.4) is 0 Å². The fourth-order valence-electron chi connectivity index (χ4n) is 3.61. The molecule has 158 valence electrons. The lowest BCUT2D eigenvalue weighted by Crippen LogP contribution is -2.53. The average Bonchev–Trinajstić information content (AvgIpc) is 3.31. The number of hydrogen-bond acceptors (Lipinski definition) is 4. The number of hydrogen-bond donors (Lipinski definition) is 2. The Morgan fingerprint density at radius 3 is 2.50 bits per heavy atom. The number of aryl methyl sites for hydroxylation is 1. The molecule has 30 heavy (non-hydrogen) atoms. The molecule has 1 aromatic heterocycles. The van der Waals surface area contributed by atoms with Crippen LogP contribution in [0, 0.1) is 12.8 Å². The summed E-state index contributed by atoms with van der Waals surface area (Å²) < 4.78 is 0. The molecule has 6 nitrogen and oxygen atoms in total. The zero-order valence-electron chi connectivity index (χ0n) is 17.1. The lowest BCUT2D eigenvalue weighted by atomic mass is 9.88. The van der Waals surface area contributed by atoms with Crippen LogP contribution in [0.15, 0.2) is 54.4 Å². The van der Waals surface area contributed by atoms with Gasteiger partial charge in [-0.05, 0) is 49.3 Å². The minimum atomic E-state index is -0.642. The molecule has 0 bridgehead atoms. The van der Waals surface area contributed by atoms with Crippen LogP contribution >= 0.6 is 11.3 Å². The van der Waals surface area contributed by atoms with Gasteiger partial charge in [-0.3, -0.25) is 14.4 Å². The van der Waals surface area contributed by atoms with Crippen LogP contribution in [0.25, 0.3) is 0 Å². The Balaban J connectivity index is 1.65. The number of benzene rings is 1. The molecular formula is C23H27N3O3S. The predicted octanol–water partition coefficient (Wildman–Crippen LogP) is 3.01. The van der Waals surface area contributed by atoms with Crippen LogP contribution in [0.1, 0.15) is 38.4 Å². The smallest absolute Gasteiger partial charge is 0.262 e. The second-order valence-corrected chi connectivity index (χ2v) is 8.41. The molecule has 2 N–H and O–H groups in total. The highest BCUT2D eigenvalue weighted by Crippen LogP contribution is 2.23. The number of nitrogens with one attached hydrogen (secondary N) is 2. The summed E-state index contributed by atoms with van der Waals surface area (Å²) in [5, 5.41) is 7.53. The first-order valence-corrected chi connectivity index (χ1v) is 11.0. The first-order valence-electron chi connectivity index (χ1n) is 10.1. The van der Waals surface area contributed by atoms with Gasteiger partial charge in [0.2, 0.25) is 5.91 Å². The van der Waals surface area contributed by atoms with Gasteiger partial charge < -0.3 is 15.5 Å². The maximum Gasteiger partial charge on any atom is 0.262 e. The summed E-state index contributed by atoms with van der Waals surface area (Å²) >= 11 is 1.34. The van der Waals surface area contributed by atoms with Crippen molar-refractivity contribution in [1.82, 2.24) is 15.5 Å². The first kappa shape index (κ1) is 21.8. The van der Waals surface area contributed by atoms with E-state index in [0.717, 1.165) is 5.56 Å². The summed E-state index contributed by atoms with van der Waals surface area (Å²) in [5.41, 5.74) is 1.78. The van der Waals surface area contributed by atoms with Crippen LogP contribution in [-0.4, -0.2) is 48.3 Å². The van der Waals surface area contributed by atoms with Crippen molar-refractivity contribution in [3.8, 4) is 0 Å². The van der Waals surface area contributed by atoms with Gasteiger partial charge in [-0.25, -0.2) is 0 Å². The Morgan fingerprint density at radius 1 is 1.20 bits per heavy atom. The van der Waals surface area contributed by atoms with Gasteiger partial charge in [-0.1, -0.05) is 29.8 Å². The summed E-state index contributed by atoms with van der Waals surface area (Å²) in [5.74, 6) is -0.505. The Morgan fingerprint density at radius 2 is 1.90 bits per heavy atom. The van der Waals surface area contributed by atoms with E-state index in [1.54, 1.807) is 12.1 Å². The van der Waals surface area contributed by atoms with Gasteiger partial charge in [0.15, 0.2) is 0 Å². The second kappa shape index (κ2) is 10.2. The fraction of sp³-hybridized carbons (Fsp3) is 0.348. The summed E-state index contributed by atoms with van der Waals surface area (Å²) in [6.45, 7) is 7.06. The third kappa shape index (κ3) is 5.36. The molecule has 7 heteroatoms. The Labute approximate surface area is 181 Å². The molecule has 0 unspecified atom stereocenters. The summed E-state index contributed by atoms with van der Waals surface area (Å²) in [7, 11) is 0. The Bertz CT molecular complexity index is 885. The number of thiophene rings is 1. The number of carbonyl (C=O) groups is 3. The standard InChI is InChI=1S/C23H27N3O3S/c1-3-12-24-22(28)20(25-21(27)19-5-4-15-30-19)17-10-13-26(14-11-17)23(29)18-8-6-16(2)7-9-18/h3-9,15,17,20H,1,10-14H2,2H3,(H,24,28)(H,25,27)/t20-/m1/s1. The van der Waals surface area contributed by atoms with E-state index in [4.69, 9.17) is 0 Å². The molecule has 3 amide bonds. The molecule has 1 aliphatic heterocycles. The third-order valence-electron chi connectivity index (χ3n) is 5.33. The molecular weight excluding hydrogens is 398 g/mol. The van der Waals surface area contributed by atoms with Gasteiger partial charge >= 0.3 is 0 Å². The van der Waals surface area contributed by atoms with Crippen LogP contribution in [0.4, 0.5) is 0 Å². The second-order valence-electron chi connectivity index (χ2n) is 7.46. The van der Waals surface area contributed by atoms with Crippen molar-refractivity contribution in [2.24, 2.45) is 5.92 Å². The number of nitrogens with zero attached hydrogens (tertiary/aromatic N) is 1. The minimum absolute atomic E-state index is 0.00345. The zero-order chi connectivity index (χ0) is 21.5. The maximum atomic E-state index is 12.8. The van der Waals surface area contributed by atoms with E-state index < -0.39 is 6.04 Å². The van der Waals surface area contributed by atoms with Crippen molar-refractivity contribution in [3.05, 3.63) is 70.4 Å². The predicted molar refractivity (Wildman–Crippen MR) is 119 cm³/mol. The molecule has 1 saturated heterocycles. The van der Waals surface area contributed by atoms with E-state index in [1.807, 2.05) is 47.5 Å². The average molecular weight is 426 g/mol. The third-order valence-corrected chi connectivity index (χ3v) is 6.20. The number of rotatable bonds is 7. The largest absolute Gasteiger partial charge is 0.351 e. The van der Waals surface area contributed by atoms with Gasteiger partial charge in [0.05, 0.1) is 4.88 Å². The van der Waals surface area contributed by atoms with E-state index >= 15 is 0 Å². The van der Waals surface area contributed by atoms with Crippen LogP contribution in [0.2, 0.25) is 0 Å². The summed E-state index contributed by atoms with van der Waals surface area (Å²) in [4.78, 5) is 40.4. The first-order chi connectivity index (χ1) is 14.5. The molecule has 1 fully saturated rings. The van der Waals surface area contributed by atoms with Gasteiger partial charge in [-0.15, -0.1) is 17.9 Å². The van der Waals surface area contributed by atoms with Crippen molar-refractivity contribution >= 4 is 29.1 Å². The van der Waals surface area contributed by atoms with Crippen molar-refractivity contribution in [2.45, 2.75) is 25.8 Å². The van der Waals surface area contributed by atoms with Crippen molar-refractivity contribution in [2.75, 3.05) is 19.6 Å². The lowest BCUT2D eigenvalue weighted by molar-refractivity contribution is -0.124. The van der Waals surface area contributed by atoms with Crippen LogP contribution < -0.4 is 10.6 Å². The quantitative estimate of drug-likeness (QED) is 0.670. The van der Waals surface area contributed by atoms with Gasteiger partial charge in [0, 0.05) is 25.2 Å². The molecule has 0 saturated carbocycles. The molecule has 0 aliphatic carbocycles. The highest BCUT2D eigenvalue weighted by atomic mass is 32.1. The summed E-state index contributed by atoms with van der Waals surface area (Å²) in [6, 6.07) is 10.5. The molecule has 3 rings (SSSR count). The molecule has 1 aromatic carbocycles. The van der Waals surface area contributed by atoms with E-state index in [0.29, 0.717) is 42.9 Å². The molecule has 1 aliphatic rings. The highest BCUT2D eigenvalue weighted by molar-refractivity contribution is 7.12. The van der Waals surface area contributed by atoms with E-state index in [9.17, 15) is 14.4 Å². The van der Waals surface area contributed by atoms with Gasteiger partial charge in [-0.2, -0.15) is 0 Å². The zero-order valence-corrected chi connectivity index (χ0v) is 17.9. The minimum Gasteiger partial charge on any atom is -0.351 e. The monoisotopic (exact) mass is 425 g/mol. The van der Waals surface area contributed by atoms with Crippen LogP contribution in [0.5, 0.6) is 0 Å². The molecule has 0 radical (unpaired) electrons. The number of likely N-dealkylation sites (tertiary alicyclic amines) is 1. The normalized spacial score (nSPS) is 15.3. The van der Waals surface area contributed by atoms with E-state index in [2.05, 4.69) is 17.2 Å². The highest BCUT2D eigenvalue weighted by Gasteiger charge is 2.34. The number of piperidine rings is 1. The Hall–Kier alpha value is -2.93. The molecule has 2 heterocycles. The van der Waals surface area contributed by atoms with Crippen molar-refractivity contribution < 1.29 is 14.4 Å². The number of carbonyl (C=O) groups excluding carboxylic acids is 3. The van der Waals surface area contributed by atoms with E-state index in [1.165, 1.54) is 11.3 Å². The topological polar surface area (TPSA) is 78.5 Å². The molecule has 1 atom stereocenters. The van der Waals surface area contributed by atoms with Crippen LogP contribution in [-0.2, 0) is 4.79 Å². The SMILES string of the molecule is C=CCNC(=O)[C@H](NC(=O)c1cccs1)C1CCN(C(=O)c2ccc(C)cc2)CC1.